The third-order valence-electron chi connectivity index (χ3n) is 5.72. The molecule has 2 N–H and O–H groups in total. The van der Waals surface area contributed by atoms with Crippen LogP contribution < -0.4 is 0 Å². The Balaban J connectivity index is 1.63. The molecule has 2 rings (SSSR count). The lowest BCUT2D eigenvalue weighted by Gasteiger charge is -2.27. The standard InChI is InChI=1S/C20H34O4/c21-19(16-8-5-3-6-9-16)13-12-18-15-24-14-17(18)10-4-1-2-7-11-20(22)23/h1,4,16-19,21H,2-3,5-15H2,(H,22,23)/t17-,18-,19?/m0/s1. The van der Waals surface area contributed by atoms with Crippen LogP contribution in [0.25, 0.3) is 0 Å². The highest BCUT2D eigenvalue weighted by Gasteiger charge is 2.29. The Morgan fingerprint density at radius 2 is 1.88 bits per heavy atom. The number of aliphatic carboxylic acids is 1. The SMILES string of the molecule is O=C(O)CCCC=CC[C@H]1COC[C@@H]1CCC(O)C1CCCCC1. The van der Waals surface area contributed by atoms with Crippen LogP contribution in [0, 0.1) is 17.8 Å². The number of ether oxygens (including phenoxy) is 1. The summed E-state index contributed by atoms with van der Waals surface area (Å²) in [4.78, 5) is 10.5. The van der Waals surface area contributed by atoms with Gasteiger partial charge in [0, 0.05) is 13.0 Å². The summed E-state index contributed by atoms with van der Waals surface area (Å²) >= 11 is 0. The van der Waals surface area contributed by atoms with Gasteiger partial charge in [-0.1, -0.05) is 31.4 Å². The lowest BCUT2D eigenvalue weighted by Crippen LogP contribution is -2.24. The van der Waals surface area contributed by atoms with Crippen molar-refractivity contribution in [2.75, 3.05) is 13.2 Å². The molecule has 1 aliphatic carbocycles. The van der Waals surface area contributed by atoms with Gasteiger partial charge in [0.25, 0.3) is 0 Å². The first-order chi connectivity index (χ1) is 11.7. The molecular formula is C20H34O4. The van der Waals surface area contributed by atoms with Crippen molar-refractivity contribution >= 4 is 5.97 Å². The van der Waals surface area contributed by atoms with E-state index in [1.165, 1.54) is 32.1 Å². The number of carbonyl (C=O) groups is 1. The normalized spacial score (nSPS) is 26.9. The van der Waals surface area contributed by atoms with Crippen molar-refractivity contribution in [1.29, 1.82) is 0 Å². The summed E-state index contributed by atoms with van der Waals surface area (Å²) in [5.74, 6) is 0.920. The Hall–Kier alpha value is -0.870. The Labute approximate surface area is 146 Å². The summed E-state index contributed by atoms with van der Waals surface area (Å²) in [5, 5.41) is 19.1. The first kappa shape index (κ1) is 19.5. The maximum absolute atomic E-state index is 10.5. The van der Waals surface area contributed by atoms with E-state index in [1.807, 2.05) is 0 Å². The van der Waals surface area contributed by atoms with Crippen molar-refractivity contribution in [3.63, 3.8) is 0 Å². The molecule has 4 heteroatoms. The maximum Gasteiger partial charge on any atom is 0.303 e. The number of carboxylic acid groups (broad SMARTS) is 1. The van der Waals surface area contributed by atoms with Crippen LogP contribution in [0.4, 0.5) is 0 Å². The molecule has 0 aromatic heterocycles. The van der Waals surface area contributed by atoms with E-state index in [-0.39, 0.29) is 12.5 Å². The molecule has 3 atom stereocenters. The van der Waals surface area contributed by atoms with Gasteiger partial charge in [-0.2, -0.15) is 0 Å². The van der Waals surface area contributed by atoms with Gasteiger partial charge in [-0.05, 0) is 62.7 Å². The quantitative estimate of drug-likeness (QED) is 0.463. The van der Waals surface area contributed by atoms with Gasteiger partial charge in [-0.15, -0.1) is 0 Å². The minimum Gasteiger partial charge on any atom is -0.481 e. The van der Waals surface area contributed by atoms with Crippen molar-refractivity contribution < 1.29 is 19.7 Å². The second-order valence-corrected chi connectivity index (χ2v) is 7.59. The molecule has 1 aliphatic heterocycles. The number of allylic oxidation sites excluding steroid dienone is 2. The fraction of sp³-hybridized carbons (Fsp3) is 0.850. The summed E-state index contributed by atoms with van der Waals surface area (Å²) in [6.07, 6.45) is 15.3. The van der Waals surface area contributed by atoms with Crippen LogP contribution in [0.5, 0.6) is 0 Å². The van der Waals surface area contributed by atoms with E-state index >= 15 is 0 Å². The first-order valence-electron chi connectivity index (χ1n) is 9.79. The molecule has 1 heterocycles. The summed E-state index contributed by atoms with van der Waals surface area (Å²) < 4.78 is 5.66. The van der Waals surface area contributed by atoms with E-state index in [2.05, 4.69) is 12.2 Å². The molecular weight excluding hydrogens is 304 g/mol. The molecule has 0 aromatic rings. The van der Waals surface area contributed by atoms with Gasteiger partial charge in [0.1, 0.15) is 0 Å². The van der Waals surface area contributed by atoms with Gasteiger partial charge in [0.15, 0.2) is 0 Å². The molecule has 24 heavy (non-hydrogen) atoms. The third-order valence-corrected chi connectivity index (χ3v) is 5.72. The zero-order valence-corrected chi connectivity index (χ0v) is 14.9. The molecule has 0 bridgehead atoms. The Kier molecular flexibility index (Phi) is 8.82. The number of rotatable bonds is 10. The van der Waals surface area contributed by atoms with Crippen molar-refractivity contribution in [3.8, 4) is 0 Å². The monoisotopic (exact) mass is 338 g/mol. The van der Waals surface area contributed by atoms with Crippen LogP contribution in [0.2, 0.25) is 0 Å². The summed E-state index contributed by atoms with van der Waals surface area (Å²) in [5.41, 5.74) is 0. The second kappa shape index (κ2) is 10.9. The van der Waals surface area contributed by atoms with E-state index in [4.69, 9.17) is 9.84 Å². The summed E-state index contributed by atoms with van der Waals surface area (Å²) in [6.45, 7) is 1.65. The number of hydrogen-bond donors (Lipinski definition) is 2. The van der Waals surface area contributed by atoms with Gasteiger partial charge in [-0.25, -0.2) is 0 Å². The molecule has 1 unspecified atom stereocenters. The van der Waals surface area contributed by atoms with Crippen molar-refractivity contribution in [3.05, 3.63) is 12.2 Å². The van der Waals surface area contributed by atoms with Gasteiger partial charge in [0.2, 0.25) is 0 Å². The van der Waals surface area contributed by atoms with E-state index in [1.54, 1.807) is 0 Å². The summed E-state index contributed by atoms with van der Waals surface area (Å²) in [7, 11) is 0. The number of carboxylic acids is 1. The topological polar surface area (TPSA) is 66.8 Å². The van der Waals surface area contributed by atoms with Crippen LogP contribution in [0.15, 0.2) is 12.2 Å². The van der Waals surface area contributed by atoms with Crippen LogP contribution in [-0.2, 0) is 9.53 Å². The van der Waals surface area contributed by atoms with Crippen molar-refractivity contribution in [2.24, 2.45) is 17.8 Å². The molecule has 2 fully saturated rings. The Bertz CT molecular complexity index is 387. The highest BCUT2D eigenvalue weighted by atomic mass is 16.5. The Morgan fingerprint density at radius 1 is 1.12 bits per heavy atom. The molecule has 4 nitrogen and oxygen atoms in total. The molecule has 1 saturated carbocycles. The predicted octanol–water partition coefficient (Wildman–Crippen LogP) is 4.17. The van der Waals surface area contributed by atoms with E-state index < -0.39 is 5.97 Å². The van der Waals surface area contributed by atoms with Crippen LogP contribution in [-0.4, -0.2) is 35.5 Å². The molecule has 0 radical (unpaired) electrons. The van der Waals surface area contributed by atoms with E-state index in [9.17, 15) is 9.90 Å². The molecule has 0 aromatic carbocycles. The average molecular weight is 338 g/mol. The lowest BCUT2D eigenvalue weighted by molar-refractivity contribution is -0.137. The van der Waals surface area contributed by atoms with Gasteiger partial charge >= 0.3 is 5.97 Å². The van der Waals surface area contributed by atoms with Gasteiger partial charge < -0.3 is 14.9 Å². The number of unbranched alkanes of at least 4 members (excludes halogenated alkanes) is 1. The molecule has 1 saturated heterocycles. The van der Waals surface area contributed by atoms with Crippen LogP contribution >= 0.6 is 0 Å². The number of aliphatic hydroxyl groups is 1. The van der Waals surface area contributed by atoms with Gasteiger partial charge in [-0.3, -0.25) is 4.79 Å². The van der Waals surface area contributed by atoms with Crippen molar-refractivity contribution in [2.45, 2.75) is 76.7 Å². The largest absolute Gasteiger partial charge is 0.481 e. The zero-order valence-electron chi connectivity index (χ0n) is 14.9. The number of aliphatic hydroxyl groups excluding tert-OH is 1. The average Bonchev–Trinajstić information content (AvgIpc) is 3.03. The maximum atomic E-state index is 10.5. The van der Waals surface area contributed by atoms with Crippen LogP contribution in [0.3, 0.4) is 0 Å². The fourth-order valence-corrected chi connectivity index (χ4v) is 4.12. The van der Waals surface area contributed by atoms with E-state index in [0.29, 0.717) is 24.2 Å². The molecule has 0 spiro atoms. The van der Waals surface area contributed by atoms with Gasteiger partial charge in [0.05, 0.1) is 12.7 Å². The molecule has 2 aliphatic rings. The highest BCUT2D eigenvalue weighted by molar-refractivity contribution is 5.66. The number of hydrogen-bond acceptors (Lipinski definition) is 3. The molecule has 138 valence electrons. The summed E-state index contributed by atoms with van der Waals surface area (Å²) in [6, 6.07) is 0. The van der Waals surface area contributed by atoms with Crippen molar-refractivity contribution in [1.82, 2.24) is 0 Å². The second-order valence-electron chi connectivity index (χ2n) is 7.59. The smallest absolute Gasteiger partial charge is 0.303 e. The predicted molar refractivity (Wildman–Crippen MR) is 94.9 cm³/mol. The first-order valence-corrected chi connectivity index (χ1v) is 9.79. The third kappa shape index (κ3) is 6.94. The fourth-order valence-electron chi connectivity index (χ4n) is 4.12. The Morgan fingerprint density at radius 3 is 2.62 bits per heavy atom. The minimum atomic E-state index is -0.718. The zero-order chi connectivity index (χ0) is 17.2. The van der Waals surface area contributed by atoms with E-state index in [0.717, 1.165) is 38.9 Å². The minimum absolute atomic E-state index is 0.127. The highest BCUT2D eigenvalue weighted by Crippen LogP contribution is 2.32. The van der Waals surface area contributed by atoms with Crippen LogP contribution in [0.1, 0.15) is 70.6 Å². The molecule has 0 amide bonds. The lowest BCUT2D eigenvalue weighted by atomic mass is 9.81.